The SMILES string of the molecule is CC(C)CCCC(C)NC(=O)c1ccc(S(=O)(=O)N2CCOCC2)cc1. The molecular weight excluding hydrogens is 352 g/mol. The molecule has 0 spiro atoms. The summed E-state index contributed by atoms with van der Waals surface area (Å²) in [7, 11) is -3.53. The van der Waals surface area contributed by atoms with Crippen molar-refractivity contribution in [2.75, 3.05) is 26.3 Å². The van der Waals surface area contributed by atoms with Crippen molar-refractivity contribution in [3.8, 4) is 0 Å². The highest BCUT2D eigenvalue weighted by Gasteiger charge is 2.26. The molecule has 1 aromatic carbocycles. The van der Waals surface area contributed by atoms with Crippen LogP contribution in [0.25, 0.3) is 0 Å². The molecule has 146 valence electrons. The van der Waals surface area contributed by atoms with Crippen molar-refractivity contribution in [1.82, 2.24) is 9.62 Å². The number of nitrogens with zero attached hydrogens (tertiary/aromatic N) is 1. The summed E-state index contributed by atoms with van der Waals surface area (Å²) in [6.07, 6.45) is 3.16. The van der Waals surface area contributed by atoms with E-state index in [0.717, 1.165) is 19.3 Å². The first-order valence-electron chi connectivity index (χ1n) is 9.29. The molecule has 7 heteroatoms. The van der Waals surface area contributed by atoms with Crippen LogP contribution in [0.15, 0.2) is 29.2 Å². The molecule has 0 aliphatic carbocycles. The van der Waals surface area contributed by atoms with Gasteiger partial charge in [0.1, 0.15) is 0 Å². The third-order valence-electron chi connectivity index (χ3n) is 4.52. The van der Waals surface area contributed by atoms with Crippen LogP contribution in [0.5, 0.6) is 0 Å². The number of amides is 1. The fourth-order valence-electron chi connectivity index (χ4n) is 2.93. The topological polar surface area (TPSA) is 75.7 Å². The molecule has 1 fully saturated rings. The molecule has 1 N–H and O–H groups in total. The number of hydrogen-bond acceptors (Lipinski definition) is 4. The lowest BCUT2D eigenvalue weighted by molar-refractivity contribution is 0.0730. The van der Waals surface area contributed by atoms with E-state index in [2.05, 4.69) is 19.2 Å². The lowest BCUT2D eigenvalue weighted by atomic mass is 10.0. The van der Waals surface area contributed by atoms with Gasteiger partial charge < -0.3 is 10.1 Å². The van der Waals surface area contributed by atoms with Crippen LogP contribution in [0.2, 0.25) is 0 Å². The average molecular weight is 383 g/mol. The Kier molecular flexibility index (Phi) is 7.61. The summed E-state index contributed by atoms with van der Waals surface area (Å²) in [4.78, 5) is 12.5. The summed E-state index contributed by atoms with van der Waals surface area (Å²) in [5.74, 6) is 0.497. The van der Waals surface area contributed by atoms with Crippen molar-refractivity contribution in [2.24, 2.45) is 5.92 Å². The van der Waals surface area contributed by atoms with Crippen LogP contribution < -0.4 is 5.32 Å². The van der Waals surface area contributed by atoms with Crippen molar-refractivity contribution in [3.05, 3.63) is 29.8 Å². The van der Waals surface area contributed by atoms with Gasteiger partial charge in [-0.25, -0.2) is 8.42 Å². The van der Waals surface area contributed by atoms with E-state index in [1.54, 1.807) is 12.1 Å². The molecular formula is C19H30N2O4S. The van der Waals surface area contributed by atoms with Crippen LogP contribution in [0.3, 0.4) is 0 Å². The zero-order valence-corrected chi connectivity index (χ0v) is 16.7. The van der Waals surface area contributed by atoms with Crippen LogP contribution in [0.1, 0.15) is 50.4 Å². The van der Waals surface area contributed by atoms with E-state index >= 15 is 0 Å². The zero-order chi connectivity index (χ0) is 19.2. The summed E-state index contributed by atoms with van der Waals surface area (Å²) >= 11 is 0. The van der Waals surface area contributed by atoms with Gasteiger partial charge in [-0.3, -0.25) is 4.79 Å². The zero-order valence-electron chi connectivity index (χ0n) is 15.9. The number of rotatable bonds is 8. The van der Waals surface area contributed by atoms with E-state index < -0.39 is 10.0 Å². The van der Waals surface area contributed by atoms with Gasteiger partial charge in [-0.1, -0.05) is 26.7 Å². The van der Waals surface area contributed by atoms with Gasteiger partial charge in [-0.05, 0) is 43.5 Å². The van der Waals surface area contributed by atoms with E-state index in [0.29, 0.717) is 37.8 Å². The largest absolute Gasteiger partial charge is 0.379 e. The minimum absolute atomic E-state index is 0.0954. The quantitative estimate of drug-likeness (QED) is 0.750. The third-order valence-corrected chi connectivity index (χ3v) is 6.43. The second-order valence-corrected chi connectivity index (χ2v) is 9.18. The lowest BCUT2D eigenvalue weighted by Crippen LogP contribution is -2.40. The standard InChI is InChI=1S/C19H30N2O4S/c1-15(2)5-4-6-16(3)20-19(22)17-7-9-18(10-8-17)26(23,24)21-11-13-25-14-12-21/h7-10,15-16H,4-6,11-14H2,1-3H3,(H,20,22). The van der Waals surface area contributed by atoms with Crippen LogP contribution in [-0.2, 0) is 14.8 Å². The van der Waals surface area contributed by atoms with Gasteiger partial charge >= 0.3 is 0 Å². The lowest BCUT2D eigenvalue weighted by Gasteiger charge is -2.26. The molecule has 1 atom stereocenters. The Morgan fingerprint density at radius 2 is 1.73 bits per heavy atom. The van der Waals surface area contributed by atoms with E-state index in [1.165, 1.54) is 16.4 Å². The predicted molar refractivity (Wildman–Crippen MR) is 102 cm³/mol. The summed E-state index contributed by atoms with van der Waals surface area (Å²) in [6.45, 7) is 7.92. The van der Waals surface area contributed by atoms with Gasteiger partial charge in [0.05, 0.1) is 18.1 Å². The molecule has 0 saturated carbocycles. The highest BCUT2D eigenvalue weighted by Crippen LogP contribution is 2.18. The van der Waals surface area contributed by atoms with Crippen molar-refractivity contribution < 1.29 is 17.9 Å². The maximum Gasteiger partial charge on any atom is 0.251 e. The molecule has 0 bridgehead atoms. The summed E-state index contributed by atoms with van der Waals surface area (Å²) in [5, 5.41) is 2.98. The normalized spacial score (nSPS) is 17.2. The molecule has 1 amide bonds. The number of hydrogen-bond donors (Lipinski definition) is 1. The molecule has 1 heterocycles. The Morgan fingerprint density at radius 3 is 2.31 bits per heavy atom. The van der Waals surface area contributed by atoms with Gasteiger partial charge in [0, 0.05) is 24.7 Å². The molecule has 1 saturated heterocycles. The Bertz CT molecular complexity index is 680. The number of carbonyl (C=O) groups is 1. The number of benzene rings is 1. The summed E-state index contributed by atoms with van der Waals surface area (Å²) in [5.41, 5.74) is 0.474. The van der Waals surface area contributed by atoms with Crippen molar-refractivity contribution in [1.29, 1.82) is 0 Å². The molecule has 6 nitrogen and oxygen atoms in total. The van der Waals surface area contributed by atoms with Crippen molar-refractivity contribution in [3.63, 3.8) is 0 Å². The predicted octanol–water partition coefficient (Wildman–Crippen LogP) is 2.65. The van der Waals surface area contributed by atoms with Crippen molar-refractivity contribution in [2.45, 2.75) is 51.0 Å². The van der Waals surface area contributed by atoms with E-state index in [1.807, 2.05) is 6.92 Å². The van der Waals surface area contributed by atoms with E-state index in [9.17, 15) is 13.2 Å². The molecule has 1 aliphatic rings. The monoisotopic (exact) mass is 382 g/mol. The maximum atomic E-state index is 12.6. The fourth-order valence-corrected chi connectivity index (χ4v) is 4.33. The smallest absolute Gasteiger partial charge is 0.251 e. The highest BCUT2D eigenvalue weighted by atomic mass is 32.2. The van der Waals surface area contributed by atoms with Gasteiger partial charge in [-0.2, -0.15) is 4.31 Å². The van der Waals surface area contributed by atoms with Gasteiger partial charge in [0.15, 0.2) is 0 Å². The molecule has 0 radical (unpaired) electrons. The number of nitrogens with one attached hydrogen (secondary N) is 1. The molecule has 0 aromatic heterocycles. The van der Waals surface area contributed by atoms with Crippen molar-refractivity contribution >= 4 is 15.9 Å². The maximum absolute atomic E-state index is 12.6. The number of sulfonamides is 1. The van der Waals surface area contributed by atoms with Crippen LogP contribution >= 0.6 is 0 Å². The van der Waals surface area contributed by atoms with Gasteiger partial charge in [-0.15, -0.1) is 0 Å². The first-order chi connectivity index (χ1) is 12.3. The highest BCUT2D eigenvalue weighted by molar-refractivity contribution is 7.89. The van der Waals surface area contributed by atoms with Crippen LogP contribution in [0, 0.1) is 5.92 Å². The number of ether oxygens (including phenoxy) is 1. The fraction of sp³-hybridized carbons (Fsp3) is 0.632. The van der Waals surface area contributed by atoms with E-state index in [-0.39, 0.29) is 16.8 Å². The minimum atomic E-state index is -3.53. The third kappa shape index (κ3) is 5.79. The first-order valence-corrected chi connectivity index (χ1v) is 10.7. The van der Waals surface area contributed by atoms with Crippen LogP contribution in [-0.4, -0.2) is 51.0 Å². The Morgan fingerprint density at radius 1 is 1.12 bits per heavy atom. The Hall–Kier alpha value is -1.44. The average Bonchev–Trinajstić information content (AvgIpc) is 2.62. The van der Waals surface area contributed by atoms with Crippen LogP contribution in [0.4, 0.5) is 0 Å². The number of carbonyl (C=O) groups excluding carboxylic acids is 1. The molecule has 2 rings (SSSR count). The Balaban J connectivity index is 1.94. The molecule has 1 aromatic rings. The van der Waals surface area contributed by atoms with Gasteiger partial charge in [0.25, 0.3) is 5.91 Å². The number of morpholine rings is 1. The second kappa shape index (κ2) is 9.48. The Labute approximate surface area is 157 Å². The molecule has 1 unspecified atom stereocenters. The second-order valence-electron chi connectivity index (χ2n) is 7.24. The van der Waals surface area contributed by atoms with Gasteiger partial charge in [0.2, 0.25) is 10.0 Å². The first kappa shape index (κ1) is 20.9. The molecule has 26 heavy (non-hydrogen) atoms. The minimum Gasteiger partial charge on any atom is -0.379 e. The molecule has 1 aliphatic heterocycles. The summed E-state index contributed by atoms with van der Waals surface area (Å²) < 4.78 is 31.8. The summed E-state index contributed by atoms with van der Waals surface area (Å²) in [6, 6.07) is 6.25. The van der Waals surface area contributed by atoms with E-state index in [4.69, 9.17) is 4.74 Å².